The van der Waals surface area contributed by atoms with Crippen LogP contribution in [0.2, 0.25) is 0 Å². The van der Waals surface area contributed by atoms with E-state index in [0.717, 1.165) is 74.1 Å². The Morgan fingerprint density at radius 1 is 0.630 bits per heavy atom. The van der Waals surface area contributed by atoms with Crippen molar-refractivity contribution >= 4 is 22.7 Å². The second-order valence-corrected chi connectivity index (χ2v) is 13.6. The van der Waals surface area contributed by atoms with Gasteiger partial charge in [-0.25, -0.2) is 9.97 Å². The maximum Gasteiger partial charge on any atom is 0.258 e. The van der Waals surface area contributed by atoms with E-state index in [1.807, 2.05) is 79.1 Å². The molecular formula is C41H46N8O5. The van der Waals surface area contributed by atoms with E-state index in [0.29, 0.717) is 40.2 Å². The quantitative estimate of drug-likeness (QED) is 0.254. The molecule has 54 heavy (non-hydrogen) atoms. The Kier molecular flexibility index (Phi) is 10.8. The van der Waals surface area contributed by atoms with Crippen LogP contribution < -0.4 is 40.4 Å². The van der Waals surface area contributed by atoms with Gasteiger partial charge in [-0.2, -0.15) is 0 Å². The Morgan fingerprint density at radius 3 is 1.78 bits per heavy atom. The molecule has 0 bridgehead atoms. The summed E-state index contributed by atoms with van der Waals surface area (Å²) in [5, 5.41) is 3.43. The first kappa shape index (κ1) is 36.4. The van der Waals surface area contributed by atoms with Crippen LogP contribution in [0, 0.1) is 0 Å². The number of hydrogen-bond acceptors (Lipinski definition) is 11. The van der Waals surface area contributed by atoms with E-state index < -0.39 is 0 Å². The standard InChI is InChI=1S/C21H24N4O3.C20H22N4O2/c1-23-8-10-24(11-9-23)16-5-7-20-22-17(13-21(26)25(20)14-16)15-4-6-18(27-2)19(12-15)28-3;1-14-12-23(10-9-21-14)16-5-8-19-22-18(11-20(25)24(19)13-16)15-3-6-17(26-2)7-4-15/h4-7,12-14H,8-11H2,1-3H3;3-8,11,13-14,21H,9-10,12H2,1-2H3/t;14-/m.0/s1. The van der Waals surface area contributed by atoms with Gasteiger partial charge in [-0.1, -0.05) is 0 Å². The fourth-order valence-corrected chi connectivity index (χ4v) is 6.84. The normalized spacial score (nSPS) is 16.2. The van der Waals surface area contributed by atoms with Crippen LogP contribution in [0.3, 0.4) is 0 Å². The number of fused-ring (bicyclic) bond motifs is 2. The third kappa shape index (κ3) is 7.87. The van der Waals surface area contributed by atoms with Gasteiger partial charge in [0.1, 0.15) is 17.0 Å². The van der Waals surface area contributed by atoms with Gasteiger partial charge in [0, 0.05) is 87.5 Å². The number of hydrogen-bond donors (Lipinski definition) is 1. The molecule has 280 valence electrons. The van der Waals surface area contributed by atoms with Crippen LogP contribution in [0.4, 0.5) is 11.4 Å². The summed E-state index contributed by atoms with van der Waals surface area (Å²) in [6.45, 7) is 8.92. The maximum atomic E-state index is 12.8. The molecule has 1 N–H and O–H groups in total. The van der Waals surface area contributed by atoms with Gasteiger partial charge >= 0.3 is 0 Å². The summed E-state index contributed by atoms with van der Waals surface area (Å²) in [6.07, 6.45) is 3.77. The molecule has 0 unspecified atom stereocenters. The molecule has 2 aliphatic heterocycles. The van der Waals surface area contributed by atoms with Crippen molar-refractivity contribution in [3.63, 3.8) is 0 Å². The van der Waals surface area contributed by atoms with Crippen molar-refractivity contribution in [2.24, 2.45) is 0 Å². The van der Waals surface area contributed by atoms with E-state index in [2.05, 4.69) is 44.0 Å². The van der Waals surface area contributed by atoms with Gasteiger partial charge < -0.3 is 34.2 Å². The first-order valence-electron chi connectivity index (χ1n) is 18.1. The maximum absolute atomic E-state index is 12.8. The van der Waals surface area contributed by atoms with Crippen LogP contribution in [-0.4, -0.2) is 104 Å². The number of pyridine rings is 2. The fraction of sp³-hybridized carbons (Fsp3) is 0.317. The summed E-state index contributed by atoms with van der Waals surface area (Å²) in [7, 11) is 6.94. The molecule has 4 aromatic heterocycles. The summed E-state index contributed by atoms with van der Waals surface area (Å²) < 4.78 is 19.1. The van der Waals surface area contributed by atoms with Gasteiger partial charge in [0.05, 0.1) is 44.1 Å². The molecule has 0 amide bonds. The predicted molar refractivity (Wildman–Crippen MR) is 213 cm³/mol. The molecule has 2 fully saturated rings. The van der Waals surface area contributed by atoms with E-state index in [-0.39, 0.29) is 11.1 Å². The number of methoxy groups -OCH3 is 3. The van der Waals surface area contributed by atoms with Crippen molar-refractivity contribution in [1.29, 1.82) is 0 Å². The number of aromatic nitrogens is 4. The Balaban J connectivity index is 0.000000167. The third-order valence-corrected chi connectivity index (χ3v) is 9.96. The number of benzene rings is 2. The zero-order valence-corrected chi connectivity index (χ0v) is 31.4. The highest BCUT2D eigenvalue weighted by molar-refractivity contribution is 5.66. The van der Waals surface area contributed by atoms with Gasteiger partial charge in [0.2, 0.25) is 0 Å². The second kappa shape index (κ2) is 16.0. The smallest absolute Gasteiger partial charge is 0.258 e. The Hall–Kier alpha value is -5.92. The van der Waals surface area contributed by atoms with Gasteiger partial charge in [-0.3, -0.25) is 18.4 Å². The first-order valence-corrected chi connectivity index (χ1v) is 18.1. The van der Waals surface area contributed by atoms with Crippen LogP contribution in [-0.2, 0) is 0 Å². The summed E-state index contributed by atoms with van der Waals surface area (Å²) in [6, 6.07) is 24.5. The number of ether oxygens (including phenoxy) is 3. The lowest BCUT2D eigenvalue weighted by atomic mass is 10.1. The van der Waals surface area contributed by atoms with Crippen LogP contribution in [0.15, 0.2) is 101 Å². The Bertz CT molecular complexity index is 2370. The van der Waals surface area contributed by atoms with E-state index >= 15 is 0 Å². The molecule has 0 radical (unpaired) electrons. The zero-order valence-electron chi connectivity index (χ0n) is 31.4. The number of anilines is 2. The lowest BCUT2D eigenvalue weighted by molar-refractivity contribution is 0.313. The molecule has 0 saturated carbocycles. The number of rotatable bonds is 7. The predicted octanol–water partition coefficient (Wildman–Crippen LogP) is 4.30. The van der Waals surface area contributed by atoms with Crippen molar-refractivity contribution in [3.8, 4) is 39.8 Å². The number of likely N-dealkylation sites (N-methyl/N-ethyl adjacent to an activating group) is 1. The number of piperazine rings is 2. The minimum absolute atomic E-state index is 0.0779. The molecule has 8 rings (SSSR count). The molecule has 13 nitrogen and oxygen atoms in total. The van der Waals surface area contributed by atoms with Crippen LogP contribution in [0.1, 0.15) is 6.92 Å². The zero-order chi connectivity index (χ0) is 37.8. The van der Waals surface area contributed by atoms with Crippen LogP contribution in [0.5, 0.6) is 17.2 Å². The molecule has 13 heteroatoms. The molecular weight excluding hydrogens is 685 g/mol. The lowest BCUT2D eigenvalue weighted by Gasteiger charge is -2.34. The topological polar surface area (TPSA) is 118 Å². The van der Waals surface area contributed by atoms with Crippen molar-refractivity contribution in [3.05, 3.63) is 112 Å². The highest BCUT2D eigenvalue weighted by Gasteiger charge is 2.18. The average molecular weight is 731 g/mol. The third-order valence-electron chi connectivity index (χ3n) is 9.96. The van der Waals surface area contributed by atoms with E-state index in [1.165, 1.54) is 0 Å². The van der Waals surface area contributed by atoms with E-state index in [9.17, 15) is 9.59 Å². The molecule has 0 spiro atoms. The second-order valence-electron chi connectivity index (χ2n) is 13.6. The van der Waals surface area contributed by atoms with E-state index in [4.69, 9.17) is 14.2 Å². The summed E-state index contributed by atoms with van der Waals surface area (Å²) in [5.74, 6) is 2.02. The minimum Gasteiger partial charge on any atom is -0.497 e. The monoisotopic (exact) mass is 730 g/mol. The molecule has 0 aliphatic carbocycles. The van der Waals surface area contributed by atoms with Gasteiger partial charge in [0.15, 0.2) is 11.5 Å². The average Bonchev–Trinajstić information content (AvgIpc) is 3.21. The Morgan fingerprint density at radius 2 is 1.20 bits per heavy atom. The van der Waals surface area contributed by atoms with Crippen molar-refractivity contribution < 1.29 is 14.2 Å². The molecule has 2 aromatic carbocycles. The summed E-state index contributed by atoms with van der Waals surface area (Å²) in [4.78, 5) is 41.7. The number of nitrogens with one attached hydrogen (secondary N) is 1. The van der Waals surface area contributed by atoms with Crippen molar-refractivity contribution in [1.82, 2.24) is 29.0 Å². The summed E-state index contributed by atoms with van der Waals surface area (Å²) in [5.41, 5.74) is 6.16. The molecule has 6 aromatic rings. The highest BCUT2D eigenvalue weighted by atomic mass is 16.5. The minimum atomic E-state index is -0.106. The lowest BCUT2D eigenvalue weighted by Crippen LogP contribution is -2.49. The van der Waals surface area contributed by atoms with Crippen LogP contribution in [0.25, 0.3) is 33.8 Å². The first-order chi connectivity index (χ1) is 26.2. The molecule has 2 aliphatic rings. The SMILES string of the molecule is COc1ccc(-c2cc(=O)n3cc(N4CCN(C)CC4)ccc3n2)cc1OC.COc1ccc(-c2cc(=O)n3cc(N4CCN[C@@H](C)C4)ccc3n2)cc1. The van der Waals surface area contributed by atoms with E-state index in [1.54, 1.807) is 42.3 Å². The number of nitrogens with zero attached hydrogens (tertiary/aromatic N) is 7. The summed E-state index contributed by atoms with van der Waals surface area (Å²) >= 11 is 0. The fourth-order valence-electron chi connectivity index (χ4n) is 6.84. The molecule has 1 atom stereocenters. The van der Waals surface area contributed by atoms with Gasteiger partial charge in [-0.15, -0.1) is 0 Å². The largest absolute Gasteiger partial charge is 0.497 e. The van der Waals surface area contributed by atoms with Gasteiger partial charge in [-0.05, 0) is 80.7 Å². The van der Waals surface area contributed by atoms with Gasteiger partial charge in [0.25, 0.3) is 11.1 Å². The highest BCUT2D eigenvalue weighted by Crippen LogP contribution is 2.31. The van der Waals surface area contributed by atoms with Crippen molar-refractivity contribution in [2.75, 3.05) is 84.0 Å². The molecule has 6 heterocycles. The van der Waals surface area contributed by atoms with Crippen molar-refractivity contribution in [2.45, 2.75) is 13.0 Å². The molecule has 2 saturated heterocycles. The Labute approximate surface area is 314 Å². The van der Waals surface area contributed by atoms with Crippen LogP contribution >= 0.6 is 0 Å².